The summed E-state index contributed by atoms with van der Waals surface area (Å²) in [4.78, 5) is 0. The minimum absolute atomic E-state index is 0. The Labute approximate surface area is 78.4 Å². The predicted octanol–water partition coefficient (Wildman–Crippen LogP) is -0.885. The smallest absolute Gasteiger partial charge is 2.00 e. The molecule has 0 spiro atoms. The molecule has 0 atom stereocenters. The van der Waals surface area contributed by atoms with Crippen molar-refractivity contribution in [3.63, 3.8) is 0 Å². The third-order valence-electron chi connectivity index (χ3n) is 0. The maximum Gasteiger partial charge on any atom is 3.00 e. The molecule has 0 aromatic rings. The molecule has 23 valence electrons. The minimum atomic E-state index is 0. The maximum absolute atomic E-state index is 0. The van der Waals surface area contributed by atoms with Crippen LogP contribution in [0.5, 0.6) is 0 Å². The van der Waals surface area contributed by atoms with Crippen LogP contribution in [0.25, 0.3) is 0 Å². The first-order chi connectivity index (χ1) is 0. The first-order valence-electron chi connectivity index (χ1n) is 0. The Balaban J connectivity index is 0. The monoisotopic (exact) mass is 184 g/mol. The third kappa shape index (κ3) is 22.2. The quantitative estimate of drug-likeness (QED) is 0.438. The summed E-state index contributed by atoms with van der Waals surface area (Å²) in [6, 6.07) is 0. The van der Waals surface area contributed by atoms with E-state index in [-0.39, 0.29) is 79.2 Å². The summed E-state index contributed by atoms with van der Waals surface area (Å²) in [6.07, 6.45) is 0. The molecule has 1 radical (unpaired) electrons. The molecule has 0 bridgehead atoms. The van der Waals surface area contributed by atoms with E-state index in [1.807, 2.05) is 0 Å². The molecule has 0 aromatic carbocycles. The fourth-order valence-corrected chi connectivity index (χ4v) is 0. The summed E-state index contributed by atoms with van der Waals surface area (Å²) >= 11 is 0. The molecule has 0 aromatic heterocycles. The molecular weight excluding hydrogens is 185 g/mol. The van der Waals surface area contributed by atoms with Crippen molar-refractivity contribution in [3.8, 4) is 0 Å². The van der Waals surface area contributed by atoms with Gasteiger partial charge in [-0.3, -0.25) is 0 Å². The average molecular weight is 185 g/mol. The Bertz CT molecular complexity index is 11.6. The van der Waals surface area contributed by atoms with Crippen molar-refractivity contribution in [3.05, 3.63) is 0 Å². The first kappa shape index (κ1) is 55.7. The molecule has 0 saturated carbocycles. The van der Waals surface area contributed by atoms with Crippen molar-refractivity contribution < 1.29 is 38.7 Å². The average Bonchev–Trinajstić information content (AvgIpc) is 0. The van der Waals surface area contributed by atoms with Crippen LogP contribution in [-0.4, -0.2) is 40.4 Å². The second kappa shape index (κ2) is 33.9. The molecule has 0 N–H and O–H groups in total. The van der Waals surface area contributed by atoms with E-state index in [0.29, 0.717) is 0 Å². The Kier molecular flexibility index (Phi) is 378. The number of hydrogen-bond acceptors (Lipinski definition) is 0. The van der Waals surface area contributed by atoms with E-state index in [1.165, 1.54) is 0 Å². The van der Waals surface area contributed by atoms with Crippen LogP contribution in [0.4, 0.5) is 0 Å². The van der Waals surface area contributed by atoms with Crippen LogP contribution in [-0.2, 0) is 38.7 Å². The molecule has 0 amide bonds. The first-order valence-corrected chi connectivity index (χ1v) is 0. The standard InChI is InChI=1S/Al.Co.Mg.Ni.O/q+3;3*+2;-2. The van der Waals surface area contributed by atoms with E-state index in [9.17, 15) is 0 Å². The van der Waals surface area contributed by atoms with E-state index in [0.717, 1.165) is 0 Å². The van der Waals surface area contributed by atoms with Crippen molar-refractivity contribution in [2.75, 3.05) is 0 Å². The van der Waals surface area contributed by atoms with E-state index >= 15 is 0 Å². The second-order valence-electron chi connectivity index (χ2n) is 0. The number of rotatable bonds is 0. The van der Waals surface area contributed by atoms with Crippen LogP contribution in [0.3, 0.4) is 0 Å². The van der Waals surface area contributed by atoms with Crippen LogP contribution in [0.1, 0.15) is 0 Å². The Hall–Kier alpha value is 2.26. The molecule has 5 heavy (non-hydrogen) atoms. The molecule has 0 saturated heterocycles. The van der Waals surface area contributed by atoms with Gasteiger partial charge in [-0.2, -0.15) is 0 Å². The van der Waals surface area contributed by atoms with Gasteiger partial charge in [-0.15, -0.1) is 0 Å². The fourth-order valence-electron chi connectivity index (χ4n) is 0. The molecule has 0 rings (SSSR count). The summed E-state index contributed by atoms with van der Waals surface area (Å²) in [5.74, 6) is 0. The Morgan fingerprint density at radius 1 is 1.00 bits per heavy atom. The van der Waals surface area contributed by atoms with Gasteiger partial charge >= 0.3 is 73.7 Å². The Morgan fingerprint density at radius 3 is 1.00 bits per heavy atom. The SMILES string of the molecule is [Al+3].[Co+2].[Mg+2].[Ni+2].[O-2]. The van der Waals surface area contributed by atoms with Gasteiger partial charge in [-0.1, -0.05) is 0 Å². The van der Waals surface area contributed by atoms with Gasteiger partial charge in [0.1, 0.15) is 0 Å². The van der Waals surface area contributed by atoms with Crippen LogP contribution >= 0.6 is 0 Å². The molecule has 5 heteroatoms. The van der Waals surface area contributed by atoms with Crippen molar-refractivity contribution in [2.24, 2.45) is 0 Å². The maximum atomic E-state index is 0. The topological polar surface area (TPSA) is 28.5 Å². The third-order valence-corrected chi connectivity index (χ3v) is 0. The van der Waals surface area contributed by atoms with Gasteiger partial charge < -0.3 is 5.48 Å². The van der Waals surface area contributed by atoms with Crippen LogP contribution in [0, 0.1) is 0 Å². The van der Waals surface area contributed by atoms with E-state index in [4.69, 9.17) is 0 Å². The number of hydrogen-bond donors (Lipinski definition) is 0. The van der Waals surface area contributed by atoms with Gasteiger partial charge in [0.25, 0.3) is 0 Å². The molecule has 0 aliphatic rings. The second-order valence-corrected chi connectivity index (χ2v) is 0. The molecule has 0 heterocycles. The fraction of sp³-hybridized carbons (Fsp3) is 0. The van der Waals surface area contributed by atoms with Gasteiger partial charge in [0.2, 0.25) is 0 Å². The van der Waals surface area contributed by atoms with Crippen molar-refractivity contribution >= 4 is 40.4 Å². The largest absolute Gasteiger partial charge is 3.00 e. The van der Waals surface area contributed by atoms with E-state index < -0.39 is 0 Å². The summed E-state index contributed by atoms with van der Waals surface area (Å²) in [7, 11) is 0. The zero-order valence-corrected chi connectivity index (χ0v) is 6.94. The van der Waals surface area contributed by atoms with Crippen molar-refractivity contribution in [1.29, 1.82) is 0 Å². The van der Waals surface area contributed by atoms with Gasteiger partial charge in [0, 0.05) is 0 Å². The van der Waals surface area contributed by atoms with Gasteiger partial charge in [-0.25, -0.2) is 0 Å². The molecular formula is AlCoMgNiO+7. The van der Waals surface area contributed by atoms with Crippen molar-refractivity contribution in [1.82, 2.24) is 0 Å². The van der Waals surface area contributed by atoms with E-state index in [2.05, 4.69) is 0 Å². The van der Waals surface area contributed by atoms with Gasteiger partial charge in [-0.05, 0) is 0 Å². The normalized spacial score (nSPS) is 0. The van der Waals surface area contributed by atoms with Crippen molar-refractivity contribution in [2.45, 2.75) is 0 Å². The summed E-state index contributed by atoms with van der Waals surface area (Å²) in [6.45, 7) is 0. The van der Waals surface area contributed by atoms with Gasteiger partial charge in [0.15, 0.2) is 0 Å². The predicted molar refractivity (Wildman–Crippen MR) is 12.2 cm³/mol. The zero-order chi connectivity index (χ0) is 0. The Morgan fingerprint density at radius 2 is 1.00 bits per heavy atom. The van der Waals surface area contributed by atoms with Crippen LogP contribution in [0.15, 0.2) is 0 Å². The summed E-state index contributed by atoms with van der Waals surface area (Å²) in [5, 5.41) is 0. The minimum Gasteiger partial charge on any atom is -2.00 e. The summed E-state index contributed by atoms with van der Waals surface area (Å²) in [5.41, 5.74) is 0. The van der Waals surface area contributed by atoms with Gasteiger partial charge in [0.05, 0.1) is 0 Å². The molecule has 0 aliphatic carbocycles. The molecule has 0 aliphatic heterocycles. The molecule has 0 unspecified atom stereocenters. The molecule has 0 fully saturated rings. The van der Waals surface area contributed by atoms with Crippen LogP contribution < -0.4 is 0 Å². The molecule has 1 nitrogen and oxygen atoms in total. The van der Waals surface area contributed by atoms with Crippen LogP contribution in [0.2, 0.25) is 0 Å². The zero-order valence-electron chi connectivity index (χ0n) is 2.34. The van der Waals surface area contributed by atoms with E-state index in [1.54, 1.807) is 0 Å². The summed E-state index contributed by atoms with van der Waals surface area (Å²) < 4.78 is 0.